The quantitative estimate of drug-likeness (QED) is 0.917. The molecule has 0 saturated carbocycles. The van der Waals surface area contributed by atoms with E-state index < -0.39 is 17.7 Å². The first-order valence-corrected chi connectivity index (χ1v) is 7.74. The summed E-state index contributed by atoms with van der Waals surface area (Å²) < 4.78 is 5.88. The molecular weight excluding hydrogens is 318 g/mol. The number of hydrogen-bond donors (Lipinski definition) is 1. The maximum atomic E-state index is 12.5. The molecule has 4 rings (SSSR count). The highest BCUT2D eigenvalue weighted by atomic mass is 16.6. The second kappa shape index (κ2) is 5.52. The van der Waals surface area contributed by atoms with Gasteiger partial charge in [0, 0.05) is 29.7 Å². The smallest absolute Gasteiger partial charge is 0.420 e. The fourth-order valence-corrected chi connectivity index (χ4v) is 3.17. The summed E-state index contributed by atoms with van der Waals surface area (Å²) in [7, 11) is 0. The molecule has 3 amide bonds. The van der Waals surface area contributed by atoms with Crippen molar-refractivity contribution in [3.05, 3.63) is 96.1 Å². The van der Waals surface area contributed by atoms with Gasteiger partial charge in [0.05, 0.1) is 5.70 Å². The zero-order valence-corrected chi connectivity index (χ0v) is 13.2. The topological polar surface area (TPSA) is 75.9 Å². The van der Waals surface area contributed by atoms with Gasteiger partial charge in [-0.1, -0.05) is 60.7 Å². The number of amides is 3. The molecule has 0 unspecified atom stereocenters. The van der Waals surface area contributed by atoms with Crippen molar-refractivity contribution in [1.82, 2.24) is 9.80 Å². The van der Waals surface area contributed by atoms with E-state index in [0.29, 0.717) is 5.70 Å². The molecule has 0 spiro atoms. The first-order valence-electron chi connectivity index (χ1n) is 7.74. The molecule has 0 atom stereocenters. The molecule has 0 aromatic heterocycles. The van der Waals surface area contributed by atoms with E-state index in [9.17, 15) is 9.59 Å². The first-order chi connectivity index (χ1) is 12.1. The Kier molecular flexibility index (Phi) is 3.32. The number of cyclic esters (lactones) is 1. The molecule has 0 radical (unpaired) electrons. The molecule has 124 valence electrons. The Balaban J connectivity index is 1.98. The molecule has 2 heterocycles. The molecule has 1 fully saturated rings. The minimum Gasteiger partial charge on any atom is -0.426 e. The molecular formula is C19H15N3O3. The van der Waals surface area contributed by atoms with Crippen molar-refractivity contribution in [3.63, 3.8) is 0 Å². The van der Waals surface area contributed by atoms with Gasteiger partial charge in [-0.25, -0.2) is 14.5 Å². The summed E-state index contributed by atoms with van der Waals surface area (Å²) in [5.74, 6) is 0. The number of nitrogens with two attached hydrogens (primary N) is 1. The second-order valence-corrected chi connectivity index (χ2v) is 5.71. The lowest BCUT2D eigenvalue weighted by atomic mass is 9.83. The van der Waals surface area contributed by atoms with E-state index in [1.807, 2.05) is 60.7 Å². The van der Waals surface area contributed by atoms with Crippen LogP contribution in [0.25, 0.3) is 0 Å². The number of urea groups is 1. The van der Waals surface area contributed by atoms with Crippen LogP contribution in [0.3, 0.4) is 0 Å². The van der Waals surface area contributed by atoms with Crippen LogP contribution in [-0.4, -0.2) is 21.9 Å². The summed E-state index contributed by atoms with van der Waals surface area (Å²) in [6.07, 6.45) is 3.93. The van der Waals surface area contributed by atoms with Gasteiger partial charge in [0.2, 0.25) is 5.60 Å². The molecule has 0 aliphatic carbocycles. The zero-order valence-electron chi connectivity index (χ0n) is 13.2. The third kappa shape index (κ3) is 2.19. The number of carbonyl (C=O) groups excluding carboxylic acids is 2. The van der Waals surface area contributed by atoms with E-state index in [-0.39, 0.29) is 0 Å². The lowest BCUT2D eigenvalue weighted by molar-refractivity contribution is 0.0950. The largest absolute Gasteiger partial charge is 0.426 e. The van der Waals surface area contributed by atoms with Crippen molar-refractivity contribution < 1.29 is 14.3 Å². The first kappa shape index (κ1) is 15.0. The third-order valence-electron chi connectivity index (χ3n) is 4.31. The third-order valence-corrected chi connectivity index (χ3v) is 4.31. The van der Waals surface area contributed by atoms with Crippen molar-refractivity contribution >= 4 is 12.1 Å². The maximum absolute atomic E-state index is 12.5. The fraction of sp³-hybridized carbons (Fsp3) is 0.0526. The molecule has 2 aromatic rings. The van der Waals surface area contributed by atoms with Crippen LogP contribution in [0.15, 0.2) is 85.0 Å². The van der Waals surface area contributed by atoms with Gasteiger partial charge in [-0.2, -0.15) is 0 Å². The molecule has 2 aliphatic rings. The second-order valence-electron chi connectivity index (χ2n) is 5.71. The number of nitrogens with zero attached hydrogens (tertiary/aromatic N) is 2. The highest BCUT2D eigenvalue weighted by Gasteiger charge is 2.53. The summed E-state index contributed by atoms with van der Waals surface area (Å²) >= 11 is 0. The molecule has 6 heteroatoms. The van der Waals surface area contributed by atoms with Crippen molar-refractivity contribution in [2.45, 2.75) is 5.60 Å². The Morgan fingerprint density at radius 3 is 2.00 bits per heavy atom. The van der Waals surface area contributed by atoms with E-state index in [1.165, 1.54) is 28.4 Å². The van der Waals surface area contributed by atoms with Gasteiger partial charge in [-0.15, -0.1) is 0 Å². The number of rotatable bonds is 2. The standard InChI is InChI=1S/C19H15N3O3/c20-17(23)21-11-12-22-16(13-21)19(25-18(22)24,14-7-3-1-4-8-14)15-9-5-2-6-10-15/h1-13H,(H2,20,23). The minimum absolute atomic E-state index is 0.510. The summed E-state index contributed by atoms with van der Waals surface area (Å²) in [5, 5.41) is 0. The fourth-order valence-electron chi connectivity index (χ4n) is 3.17. The van der Waals surface area contributed by atoms with Crippen LogP contribution in [0.5, 0.6) is 0 Å². The zero-order chi connectivity index (χ0) is 17.4. The minimum atomic E-state index is -1.15. The SMILES string of the molecule is NC(=O)N1C=CN2C(=O)OC(c3ccccc3)(c3ccccc3)C2=C1. The summed E-state index contributed by atoms with van der Waals surface area (Å²) in [5.41, 5.74) is 6.31. The van der Waals surface area contributed by atoms with Crippen molar-refractivity contribution in [2.24, 2.45) is 5.73 Å². The predicted molar refractivity (Wildman–Crippen MR) is 90.6 cm³/mol. The van der Waals surface area contributed by atoms with Gasteiger partial charge in [0.25, 0.3) is 0 Å². The average Bonchev–Trinajstić information content (AvgIpc) is 2.96. The Hall–Kier alpha value is -3.54. The van der Waals surface area contributed by atoms with E-state index in [2.05, 4.69) is 0 Å². The number of ether oxygens (including phenoxy) is 1. The molecule has 2 aliphatic heterocycles. The lowest BCUT2D eigenvalue weighted by Crippen LogP contribution is -2.36. The lowest BCUT2D eigenvalue weighted by Gasteiger charge is -2.32. The van der Waals surface area contributed by atoms with E-state index >= 15 is 0 Å². The van der Waals surface area contributed by atoms with Crippen molar-refractivity contribution in [3.8, 4) is 0 Å². The Morgan fingerprint density at radius 1 is 0.920 bits per heavy atom. The summed E-state index contributed by atoms with van der Waals surface area (Å²) in [4.78, 5) is 26.8. The number of primary amides is 1. The van der Waals surface area contributed by atoms with E-state index in [1.54, 1.807) is 0 Å². The highest BCUT2D eigenvalue weighted by Crippen LogP contribution is 2.48. The van der Waals surface area contributed by atoms with E-state index in [4.69, 9.17) is 10.5 Å². The number of carbonyl (C=O) groups is 2. The molecule has 2 N–H and O–H groups in total. The number of fused-ring (bicyclic) bond motifs is 1. The highest BCUT2D eigenvalue weighted by molar-refractivity contribution is 5.81. The van der Waals surface area contributed by atoms with Crippen molar-refractivity contribution in [1.29, 1.82) is 0 Å². The van der Waals surface area contributed by atoms with Crippen LogP contribution < -0.4 is 5.73 Å². The molecule has 6 nitrogen and oxygen atoms in total. The van der Waals surface area contributed by atoms with Gasteiger partial charge >= 0.3 is 12.1 Å². The Morgan fingerprint density at radius 2 is 1.48 bits per heavy atom. The molecule has 25 heavy (non-hydrogen) atoms. The van der Waals surface area contributed by atoms with Crippen LogP contribution in [0.1, 0.15) is 11.1 Å². The number of hydrogen-bond acceptors (Lipinski definition) is 3. The number of benzene rings is 2. The van der Waals surface area contributed by atoms with Gasteiger partial charge in [0.15, 0.2) is 0 Å². The molecule has 1 saturated heterocycles. The van der Waals surface area contributed by atoms with Gasteiger partial charge < -0.3 is 10.5 Å². The van der Waals surface area contributed by atoms with Crippen LogP contribution in [0.4, 0.5) is 9.59 Å². The summed E-state index contributed by atoms with van der Waals surface area (Å²) in [6, 6.07) is 18.2. The predicted octanol–water partition coefficient (Wildman–Crippen LogP) is 3.09. The van der Waals surface area contributed by atoms with Gasteiger partial charge in [-0.3, -0.25) is 4.90 Å². The maximum Gasteiger partial charge on any atom is 0.420 e. The van der Waals surface area contributed by atoms with Crippen LogP contribution in [-0.2, 0) is 10.3 Å². The van der Waals surface area contributed by atoms with Crippen LogP contribution in [0.2, 0.25) is 0 Å². The Bertz CT molecular complexity index is 851. The molecule has 2 aromatic carbocycles. The normalized spacial score (nSPS) is 17.8. The van der Waals surface area contributed by atoms with Gasteiger partial charge in [0.1, 0.15) is 0 Å². The van der Waals surface area contributed by atoms with Crippen LogP contribution in [0, 0.1) is 0 Å². The van der Waals surface area contributed by atoms with E-state index in [0.717, 1.165) is 11.1 Å². The van der Waals surface area contributed by atoms with Crippen molar-refractivity contribution in [2.75, 3.05) is 0 Å². The monoisotopic (exact) mass is 333 g/mol. The average molecular weight is 333 g/mol. The summed E-state index contributed by atoms with van der Waals surface area (Å²) in [6.45, 7) is 0. The van der Waals surface area contributed by atoms with Gasteiger partial charge in [-0.05, 0) is 0 Å². The van der Waals surface area contributed by atoms with Crippen LogP contribution >= 0.6 is 0 Å². The molecule has 0 bridgehead atoms. The Labute approximate surface area is 144 Å².